The van der Waals surface area contributed by atoms with Crippen molar-refractivity contribution in [2.24, 2.45) is 0 Å². The summed E-state index contributed by atoms with van der Waals surface area (Å²) in [5, 5.41) is 12.4. The average molecular weight is 602 g/mol. The minimum Gasteiger partial charge on any atom is -0.463 e. The van der Waals surface area contributed by atoms with E-state index in [4.69, 9.17) is 13.8 Å². The lowest BCUT2D eigenvalue weighted by Crippen LogP contribution is -2.27. The number of phosphoric ester groups is 1. The number of rotatable bonds is 28. The van der Waals surface area contributed by atoms with Gasteiger partial charge in [-0.3, -0.25) is 18.6 Å². The van der Waals surface area contributed by atoms with E-state index in [1.165, 1.54) is 25.7 Å². The van der Waals surface area contributed by atoms with Gasteiger partial charge in [-0.15, -0.1) is 0 Å². The summed E-state index contributed by atoms with van der Waals surface area (Å²) in [5.41, 5.74) is 0. The fraction of sp³-hybridized carbons (Fsp3) is 0.742. The smallest absolute Gasteiger partial charge is 0.463 e. The maximum atomic E-state index is 11.9. The molecular weight excluding hydrogens is 545 g/mol. The molecule has 0 fully saturated rings. The summed E-state index contributed by atoms with van der Waals surface area (Å²) in [5.74, 6) is -0.557. The maximum absolute atomic E-state index is 11.9. The van der Waals surface area contributed by atoms with E-state index < -0.39 is 26.5 Å². The summed E-state index contributed by atoms with van der Waals surface area (Å²) < 4.78 is 26.3. The van der Waals surface area contributed by atoms with E-state index in [-0.39, 0.29) is 32.1 Å². The Hall–Kier alpha value is -1.77. The number of hydrogen-bond donors (Lipinski definition) is 3. The van der Waals surface area contributed by atoms with Crippen molar-refractivity contribution < 1.29 is 37.9 Å². The summed E-state index contributed by atoms with van der Waals surface area (Å²) in [4.78, 5) is 33.1. The first kappa shape index (κ1) is 39.2. The summed E-state index contributed by atoms with van der Waals surface area (Å²) >= 11 is 0. The zero-order valence-corrected chi connectivity index (χ0v) is 26.4. The van der Waals surface area contributed by atoms with E-state index in [2.05, 4.69) is 48.7 Å². The molecule has 0 aromatic heterocycles. The average Bonchev–Trinajstić information content (AvgIpc) is 2.95. The Morgan fingerprint density at radius 3 is 2.07 bits per heavy atom. The Labute approximate surface area is 248 Å². The van der Waals surface area contributed by atoms with Gasteiger partial charge in [0.2, 0.25) is 5.91 Å². The van der Waals surface area contributed by atoms with Gasteiger partial charge in [0.05, 0.1) is 13.2 Å². The molecule has 0 aliphatic rings. The standard InChI is InChI=1S/C31H56NO8P/c1-3-5-7-8-9-10-11-12-13-14-15-16-17-18-19-20-22-23-30(34)32-25-26-39-41(36,37)40-28-29(33)27-38-31(35)24-21-6-4-2/h5,7,9-10,12-13,29,33H,3-4,6,8,11,14-28H2,1-2H3,(H,32,34)(H,36,37)/b7-5-,10-9-,13-12-. The number of amides is 1. The van der Waals surface area contributed by atoms with Crippen molar-refractivity contribution >= 4 is 19.7 Å². The number of hydrogen-bond acceptors (Lipinski definition) is 7. The number of phosphoric acid groups is 1. The number of carbonyl (C=O) groups excluding carboxylic acids is 2. The number of aliphatic hydroxyl groups is 1. The molecule has 1 amide bonds. The van der Waals surface area contributed by atoms with Crippen LogP contribution in [0.3, 0.4) is 0 Å². The van der Waals surface area contributed by atoms with Crippen LogP contribution in [0.25, 0.3) is 0 Å². The minimum atomic E-state index is -4.39. The molecule has 9 nitrogen and oxygen atoms in total. The van der Waals surface area contributed by atoms with Crippen LogP contribution in [0.2, 0.25) is 0 Å². The highest BCUT2D eigenvalue weighted by Gasteiger charge is 2.23. The Morgan fingerprint density at radius 2 is 1.39 bits per heavy atom. The van der Waals surface area contributed by atoms with Crippen molar-refractivity contribution in [2.75, 3.05) is 26.4 Å². The minimum absolute atomic E-state index is 0.0751. The Morgan fingerprint density at radius 1 is 0.780 bits per heavy atom. The predicted octanol–water partition coefficient (Wildman–Crippen LogP) is 7.09. The van der Waals surface area contributed by atoms with Gasteiger partial charge < -0.3 is 20.1 Å². The second kappa shape index (κ2) is 28.4. The first-order valence-corrected chi connectivity index (χ1v) is 17.0. The van der Waals surface area contributed by atoms with Crippen LogP contribution in [-0.4, -0.2) is 54.3 Å². The van der Waals surface area contributed by atoms with Gasteiger partial charge in [-0.1, -0.05) is 95.2 Å². The lowest BCUT2D eigenvalue weighted by Gasteiger charge is -2.15. The topological polar surface area (TPSA) is 131 Å². The molecule has 0 rings (SSSR count). The van der Waals surface area contributed by atoms with Crippen molar-refractivity contribution in [3.05, 3.63) is 36.5 Å². The van der Waals surface area contributed by atoms with Gasteiger partial charge in [0.15, 0.2) is 0 Å². The third kappa shape index (κ3) is 29.5. The van der Waals surface area contributed by atoms with E-state index in [0.29, 0.717) is 12.8 Å². The highest BCUT2D eigenvalue weighted by molar-refractivity contribution is 7.47. The van der Waals surface area contributed by atoms with Crippen molar-refractivity contribution in [2.45, 2.75) is 123 Å². The van der Waals surface area contributed by atoms with E-state index in [0.717, 1.165) is 57.8 Å². The van der Waals surface area contributed by atoms with E-state index >= 15 is 0 Å². The third-order valence-electron chi connectivity index (χ3n) is 6.08. The maximum Gasteiger partial charge on any atom is 0.472 e. The fourth-order valence-corrected chi connectivity index (χ4v) is 4.50. The zero-order chi connectivity index (χ0) is 30.4. The van der Waals surface area contributed by atoms with Gasteiger partial charge in [0.1, 0.15) is 12.7 Å². The number of unbranched alkanes of at least 4 members (excludes halogenated alkanes) is 9. The molecule has 0 aliphatic carbocycles. The van der Waals surface area contributed by atoms with Crippen molar-refractivity contribution in [1.82, 2.24) is 5.32 Å². The van der Waals surface area contributed by atoms with Gasteiger partial charge in [0, 0.05) is 19.4 Å². The molecule has 10 heteroatoms. The monoisotopic (exact) mass is 601 g/mol. The molecule has 2 unspecified atom stereocenters. The Kier molecular flexibility index (Phi) is 27.1. The zero-order valence-electron chi connectivity index (χ0n) is 25.5. The molecule has 0 radical (unpaired) electrons. The largest absolute Gasteiger partial charge is 0.472 e. The highest BCUT2D eigenvalue weighted by atomic mass is 31.2. The molecule has 3 N–H and O–H groups in total. The van der Waals surface area contributed by atoms with Gasteiger partial charge in [-0.05, 0) is 44.9 Å². The van der Waals surface area contributed by atoms with Gasteiger partial charge in [-0.2, -0.15) is 0 Å². The van der Waals surface area contributed by atoms with Crippen LogP contribution in [0, 0.1) is 0 Å². The Balaban J connectivity index is 3.62. The van der Waals surface area contributed by atoms with E-state index in [1.54, 1.807) is 0 Å². The van der Waals surface area contributed by atoms with Crippen LogP contribution in [0.15, 0.2) is 36.5 Å². The molecule has 0 aliphatic heterocycles. The fourth-order valence-electron chi connectivity index (χ4n) is 3.74. The van der Waals surface area contributed by atoms with Crippen LogP contribution in [0.5, 0.6) is 0 Å². The highest BCUT2D eigenvalue weighted by Crippen LogP contribution is 2.42. The van der Waals surface area contributed by atoms with E-state index in [9.17, 15) is 24.2 Å². The van der Waals surface area contributed by atoms with Crippen LogP contribution >= 0.6 is 7.82 Å². The first-order valence-electron chi connectivity index (χ1n) is 15.5. The lowest BCUT2D eigenvalue weighted by molar-refractivity contribution is -0.147. The number of esters is 1. The normalized spacial score (nSPS) is 14.1. The van der Waals surface area contributed by atoms with Crippen LogP contribution in [0.4, 0.5) is 0 Å². The van der Waals surface area contributed by atoms with E-state index in [1.807, 2.05) is 6.92 Å². The number of carbonyl (C=O) groups is 2. The molecular formula is C31H56NO8P. The molecule has 0 bridgehead atoms. The SMILES string of the molecule is CC/C=C\C/C=C\C/C=C\CCCCCCCCCC(=O)NCCOP(=O)(O)OCC(O)COC(=O)CCCCC. The molecule has 0 spiro atoms. The molecule has 0 saturated carbocycles. The van der Waals surface area contributed by atoms with Gasteiger partial charge in [0.25, 0.3) is 0 Å². The summed E-state index contributed by atoms with van der Waals surface area (Å²) in [6.07, 6.45) is 27.3. The van der Waals surface area contributed by atoms with Crippen LogP contribution in [-0.2, 0) is 27.9 Å². The Bertz CT molecular complexity index is 784. The van der Waals surface area contributed by atoms with Gasteiger partial charge in [-0.25, -0.2) is 4.57 Å². The summed E-state index contributed by atoms with van der Waals surface area (Å²) in [7, 11) is -4.39. The van der Waals surface area contributed by atoms with Crippen molar-refractivity contribution in [1.29, 1.82) is 0 Å². The summed E-state index contributed by atoms with van der Waals surface area (Å²) in [6.45, 7) is 3.19. The molecule has 0 aromatic rings. The molecule has 0 heterocycles. The van der Waals surface area contributed by atoms with Crippen molar-refractivity contribution in [3.8, 4) is 0 Å². The molecule has 2 atom stereocenters. The second-order valence-electron chi connectivity index (χ2n) is 10.0. The van der Waals surface area contributed by atoms with Gasteiger partial charge >= 0.3 is 13.8 Å². The van der Waals surface area contributed by atoms with Crippen LogP contribution < -0.4 is 5.32 Å². The summed E-state index contributed by atoms with van der Waals surface area (Å²) in [6, 6.07) is 0. The molecule has 0 aromatic carbocycles. The number of ether oxygens (including phenoxy) is 1. The number of nitrogens with one attached hydrogen (secondary N) is 1. The van der Waals surface area contributed by atoms with Crippen molar-refractivity contribution in [3.63, 3.8) is 0 Å². The first-order chi connectivity index (χ1) is 19.8. The molecule has 238 valence electrons. The predicted molar refractivity (Wildman–Crippen MR) is 164 cm³/mol. The number of allylic oxidation sites excluding steroid dienone is 6. The molecule has 41 heavy (non-hydrogen) atoms. The number of aliphatic hydroxyl groups excluding tert-OH is 1. The second-order valence-corrected chi connectivity index (χ2v) is 11.5. The quantitative estimate of drug-likeness (QED) is 0.0375. The lowest BCUT2D eigenvalue weighted by atomic mass is 10.1. The van der Waals surface area contributed by atoms with Crippen LogP contribution in [0.1, 0.15) is 117 Å². The molecule has 0 saturated heterocycles. The third-order valence-corrected chi connectivity index (χ3v) is 7.07.